The second-order valence-electron chi connectivity index (χ2n) is 8.91. The molecule has 194 valence electrons. The predicted molar refractivity (Wildman–Crippen MR) is 144 cm³/mol. The molecule has 3 rings (SSSR count). The second-order valence-corrected chi connectivity index (χ2v) is 11.0. The third-order valence-electron chi connectivity index (χ3n) is 5.70. The Morgan fingerprint density at radius 2 is 1.83 bits per heavy atom. The average molecular weight is 513 g/mol. The number of unbranched alkanes of at least 4 members (excludes halogenated alkanes) is 2. The molecule has 2 N–H and O–H groups in total. The maximum absolute atomic E-state index is 12.3. The van der Waals surface area contributed by atoms with Crippen molar-refractivity contribution in [1.82, 2.24) is 14.9 Å². The summed E-state index contributed by atoms with van der Waals surface area (Å²) < 4.78 is 31.9. The lowest BCUT2D eigenvalue weighted by Crippen LogP contribution is -2.30. The van der Waals surface area contributed by atoms with Gasteiger partial charge in [-0.15, -0.1) is 0 Å². The van der Waals surface area contributed by atoms with E-state index in [0.29, 0.717) is 43.2 Å². The molecule has 0 aliphatic rings. The van der Waals surface area contributed by atoms with Gasteiger partial charge in [-0.2, -0.15) is 0 Å². The van der Waals surface area contributed by atoms with Crippen molar-refractivity contribution in [3.8, 4) is 17.0 Å². The van der Waals surface area contributed by atoms with Crippen molar-refractivity contribution in [3.05, 3.63) is 66.1 Å². The van der Waals surface area contributed by atoms with Gasteiger partial charge >= 0.3 is 6.03 Å². The van der Waals surface area contributed by atoms with Gasteiger partial charge in [0, 0.05) is 24.9 Å². The molecule has 8 nitrogen and oxygen atoms in total. The van der Waals surface area contributed by atoms with E-state index in [0.717, 1.165) is 36.1 Å². The standard InChI is InChI=1S/C27H36N4O4S/c1-4-5-9-16-28-27(32)30-25-21(2)12-10-15-24(25)35-18-11-17-31-20-29-23(19-36(3,33)34)26(31)22-13-7-6-8-14-22/h6-8,10,12-15,20H,4-5,9,11,16-19H2,1-3H3,(H2,28,30,32). The first-order valence-corrected chi connectivity index (χ1v) is 14.4. The van der Waals surface area contributed by atoms with Gasteiger partial charge < -0.3 is 19.9 Å². The van der Waals surface area contributed by atoms with E-state index in [9.17, 15) is 13.2 Å². The number of benzene rings is 2. The first-order chi connectivity index (χ1) is 17.3. The number of hydrogen-bond acceptors (Lipinski definition) is 5. The summed E-state index contributed by atoms with van der Waals surface area (Å²) in [6, 6.07) is 15.1. The zero-order valence-electron chi connectivity index (χ0n) is 21.3. The zero-order chi connectivity index (χ0) is 26.0. The van der Waals surface area contributed by atoms with Gasteiger partial charge in [0.05, 0.1) is 35.8 Å². The van der Waals surface area contributed by atoms with Crippen LogP contribution in [0, 0.1) is 6.92 Å². The van der Waals surface area contributed by atoms with Crippen LogP contribution in [0.3, 0.4) is 0 Å². The van der Waals surface area contributed by atoms with Gasteiger partial charge in [0.15, 0.2) is 9.84 Å². The van der Waals surface area contributed by atoms with Crippen LogP contribution in [0.15, 0.2) is 54.9 Å². The van der Waals surface area contributed by atoms with Crippen LogP contribution in [0.4, 0.5) is 10.5 Å². The zero-order valence-corrected chi connectivity index (χ0v) is 22.1. The van der Waals surface area contributed by atoms with Crippen LogP contribution in [0.5, 0.6) is 5.75 Å². The number of ether oxygens (including phenoxy) is 1. The lowest BCUT2D eigenvalue weighted by molar-refractivity contribution is 0.251. The smallest absolute Gasteiger partial charge is 0.319 e. The van der Waals surface area contributed by atoms with Crippen LogP contribution >= 0.6 is 0 Å². The highest BCUT2D eigenvalue weighted by Crippen LogP contribution is 2.29. The van der Waals surface area contributed by atoms with Gasteiger partial charge in [-0.3, -0.25) is 0 Å². The van der Waals surface area contributed by atoms with Crippen LogP contribution in [0.2, 0.25) is 0 Å². The Bertz CT molecular complexity index is 1240. The molecule has 3 aromatic rings. The highest BCUT2D eigenvalue weighted by molar-refractivity contribution is 7.89. The monoisotopic (exact) mass is 512 g/mol. The molecule has 0 bridgehead atoms. The Morgan fingerprint density at radius 1 is 1.06 bits per heavy atom. The van der Waals surface area contributed by atoms with Crippen molar-refractivity contribution in [2.75, 3.05) is 24.7 Å². The van der Waals surface area contributed by atoms with Gasteiger partial charge in [-0.05, 0) is 31.4 Å². The molecule has 2 aromatic carbocycles. The van der Waals surface area contributed by atoms with Crippen molar-refractivity contribution < 1.29 is 17.9 Å². The molecule has 0 saturated heterocycles. The maximum atomic E-state index is 12.3. The number of hydrogen-bond donors (Lipinski definition) is 2. The molecule has 0 radical (unpaired) electrons. The predicted octanol–water partition coefficient (Wildman–Crippen LogP) is 5.18. The fourth-order valence-corrected chi connectivity index (χ4v) is 4.66. The number of anilines is 1. The fraction of sp³-hybridized carbons (Fsp3) is 0.407. The van der Waals surface area contributed by atoms with Gasteiger partial charge in [0.1, 0.15) is 5.75 Å². The van der Waals surface area contributed by atoms with E-state index in [1.165, 1.54) is 6.26 Å². The van der Waals surface area contributed by atoms with Crippen molar-refractivity contribution >= 4 is 21.6 Å². The lowest BCUT2D eigenvalue weighted by atomic mass is 10.1. The number of carbonyl (C=O) groups excluding carboxylic acids is 1. The molecule has 1 aromatic heterocycles. The van der Waals surface area contributed by atoms with Gasteiger partial charge in [-0.1, -0.05) is 62.2 Å². The number of para-hydroxylation sites is 1. The molecular formula is C27H36N4O4S. The summed E-state index contributed by atoms with van der Waals surface area (Å²) in [6.45, 7) is 5.72. The highest BCUT2D eigenvalue weighted by atomic mass is 32.2. The Morgan fingerprint density at radius 3 is 2.56 bits per heavy atom. The SMILES string of the molecule is CCCCCNC(=O)Nc1c(C)cccc1OCCCn1cnc(CS(C)(=O)=O)c1-c1ccccc1. The van der Waals surface area contributed by atoms with E-state index in [4.69, 9.17) is 4.74 Å². The molecule has 2 amide bonds. The molecule has 9 heteroatoms. The maximum Gasteiger partial charge on any atom is 0.319 e. The summed E-state index contributed by atoms with van der Waals surface area (Å²) in [5, 5.41) is 5.81. The Labute approximate surface area is 214 Å². The van der Waals surface area contributed by atoms with E-state index < -0.39 is 9.84 Å². The fourth-order valence-electron chi connectivity index (χ4n) is 3.95. The number of nitrogens with zero attached hydrogens (tertiary/aromatic N) is 2. The Kier molecular flexibility index (Phi) is 9.93. The minimum Gasteiger partial charge on any atom is -0.491 e. The Hall–Kier alpha value is -3.33. The summed E-state index contributed by atoms with van der Waals surface area (Å²) in [6.07, 6.45) is 6.71. The Balaban J connectivity index is 1.64. The molecular weight excluding hydrogens is 476 g/mol. The van der Waals surface area contributed by atoms with Crippen molar-refractivity contribution in [2.45, 2.75) is 51.8 Å². The van der Waals surface area contributed by atoms with Crippen LogP contribution in [0.25, 0.3) is 11.3 Å². The molecule has 0 unspecified atom stereocenters. The largest absolute Gasteiger partial charge is 0.491 e. The number of amides is 2. The first-order valence-electron chi connectivity index (χ1n) is 12.3. The summed E-state index contributed by atoms with van der Waals surface area (Å²) in [5.74, 6) is 0.505. The molecule has 0 aliphatic heterocycles. The summed E-state index contributed by atoms with van der Waals surface area (Å²) in [4.78, 5) is 16.7. The van der Waals surface area contributed by atoms with Crippen LogP contribution < -0.4 is 15.4 Å². The van der Waals surface area contributed by atoms with Crippen LogP contribution in [-0.4, -0.2) is 43.4 Å². The minimum atomic E-state index is -3.22. The van der Waals surface area contributed by atoms with Gasteiger partial charge in [0.2, 0.25) is 0 Å². The molecule has 0 atom stereocenters. The van der Waals surface area contributed by atoms with Crippen molar-refractivity contribution in [3.63, 3.8) is 0 Å². The number of nitrogens with one attached hydrogen (secondary N) is 2. The van der Waals surface area contributed by atoms with E-state index in [-0.39, 0.29) is 11.8 Å². The number of urea groups is 1. The third kappa shape index (κ3) is 8.12. The number of rotatable bonds is 13. The number of carbonyl (C=O) groups is 1. The van der Waals surface area contributed by atoms with Crippen LogP contribution in [0.1, 0.15) is 43.9 Å². The number of aromatic nitrogens is 2. The van der Waals surface area contributed by atoms with E-state index in [1.807, 2.05) is 60.0 Å². The summed E-state index contributed by atoms with van der Waals surface area (Å²) in [5.41, 5.74) is 3.85. The summed E-state index contributed by atoms with van der Waals surface area (Å²) in [7, 11) is -3.22. The lowest BCUT2D eigenvalue weighted by Gasteiger charge is -2.16. The van der Waals surface area contributed by atoms with Crippen molar-refractivity contribution in [2.24, 2.45) is 0 Å². The van der Waals surface area contributed by atoms with Gasteiger partial charge in [-0.25, -0.2) is 18.2 Å². The third-order valence-corrected chi connectivity index (χ3v) is 6.50. The summed E-state index contributed by atoms with van der Waals surface area (Å²) >= 11 is 0. The molecule has 0 spiro atoms. The molecule has 0 fully saturated rings. The molecule has 0 aliphatic carbocycles. The van der Waals surface area contributed by atoms with Crippen molar-refractivity contribution in [1.29, 1.82) is 0 Å². The second kappa shape index (κ2) is 13.1. The quantitative estimate of drug-likeness (QED) is 0.307. The first kappa shape index (κ1) is 27.3. The van der Waals surface area contributed by atoms with Crippen LogP contribution in [-0.2, 0) is 22.1 Å². The average Bonchev–Trinajstić information content (AvgIpc) is 3.22. The topological polar surface area (TPSA) is 102 Å². The van der Waals surface area contributed by atoms with Gasteiger partial charge in [0.25, 0.3) is 0 Å². The normalized spacial score (nSPS) is 11.3. The van der Waals surface area contributed by atoms with E-state index in [2.05, 4.69) is 22.5 Å². The highest BCUT2D eigenvalue weighted by Gasteiger charge is 2.17. The number of imidazole rings is 1. The molecule has 0 saturated carbocycles. The number of sulfone groups is 1. The number of aryl methyl sites for hydroxylation is 2. The van der Waals surface area contributed by atoms with E-state index >= 15 is 0 Å². The van der Waals surface area contributed by atoms with E-state index in [1.54, 1.807) is 6.33 Å². The molecule has 36 heavy (non-hydrogen) atoms. The minimum absolute atomic E-state index is 0.112. The molecule has 1 heterocycles.